The van der Waals surface area contributed by atoms with Crippen LogP contribution in [-0.4, -0.2) is 19.2 Å². The first kappa shape index (κ1) is 15.8. The van der Waals surface area contributed by atoms with Gasteiger partial charge in [-0.05, 0) is 55.2 Å². The van der Waals surface area contributed by atoms with E-state index in [0.29, 0.717) is 12.2 Å². The van der Waals surface area contributed by atoms with Crippen molar-refractivity contribution in [2.75, 3.05) is 7.11 Å². The first-order chi connectivity index (χ1) is 10.7. The Bertz CT molecular complexity index is 633. The number of aryl methyl sites for hydroxylation is 2. The summed E-state index contributed by atoms with van der Waals surface area (Å²) < 4.78 is 10.3. The van der Waals surface area contributed by atoms with Gasteiger partial charge in [-0.25, -0.2) is 5.43 Å². The highest BCUT2D eigenvalue weighted by atomic mass is 16.5. The van der Waals surface area contributed by atoms with Gasteiger partial charge >= 0.3 is 0 Å². The van der Waals surface area contributed by atoms with Crippen LogP contribution in [0, 0.1) is 6.92 Å². The number of methoxy groups -OCH3 is 1. The van der Waals surface area contributed by atoms with Gasteiger partial charge in [-0.3, -0.25) is 4.79 Å². The second-order valence-corrected chi connectivity index (χ2v) is 4.95. The van der Waals surface area contributed by atoms with Crippen LogP contribution in [0.1, 0.15) is 29.7 Å². The largest absolute Gasteiger partial charge is 0.497 e. The van der Waals surface area contributed by atoms with Gasteiger partial charge in [0.05, 0.1) is 19.6 Å². The van der Waals surface area contributed by atoms with Crippen LogP contribution in [0.15, 0.2) is 46.1 Å². The topological polar surface area (TPSA) is 63.8 Å². The number of nitrogens with zero attached hydrogens (tertiary/aromatic N) is 1. The lowest BCUT2D eigenvalue weighted by atomic mass is 10.0. The third kappa shape index (κ3) is 4.77. The molecular weight excluding hydrogens is 280 g/mol. The molecule has 0 saturated carbocycles. The highest BCUT2D eigenvalue weighted by molar-refractivity contribution is 5.80. The molecule has 0 fully saturated rings. The number of rotatable bonds is 7. The number of carbonyl (C=O) groups is 1. The normalized spacial score (nSPS) is 10.8. The zero-order chi connectivity index (χ0) is 15.8. The molecule has 116 valence electrons. The Morgan fingerprint density at radius 3 is 2.95 bits per heavy atom. The molecule has 1 aromatic heterocycles. The molecule has 1 amide bonds. The number of ether oxygens (including phenoxy) is 1. The zero-order valence-corrected chi connectivity index (χ0v) is 12.8. The highest BCUT2D eigenvalue weighted by Gasteiger charge is 2.03. The molecule has 5 nitrogen and oxygen atoms in total. The smallest absolute Gasteiger partial charge is 0.240 e. The average molecular weight is 300 g/mol. The molecule has 0 spiro atoms. The molecule has 0 radical (unpaired) electrons. The van der Waals surface area contributed by atoms with Crippen LogP contribution >= 0.6 is 0 Å². The fraction of sp³-hybridized carbons (Fsp3) is 0.294. The number of hydrazone groups is 1. The van der Waals surface area contributed by atoms with Crippen LogP contribution < -0.4 is 10.2 Å². The number of hydrogen-bond acceptors (Lipinski definition) is 4. The van der Waals surface area contributed by atoms with Crippen LogP contribution in [0.4, 0.5) is 0 Å². The molecule has 1 aromatic carbocycles. The molecule has 1 heterocycles. The van der Waals surface area contributed by atoms with Gasteiger partial charge in [0.15, 0.2) is 0 Å². The quantitative estimate of drug-likeness (QED) is 0.631. The average Bonchev–Trinajstić information content (AvgIpc) is 3.02. The van der Waals surface area contributed by atoms with Crippen molar-refractivity contribution in [1.29, 1.82) is 0 Å². The summed E-state index contributed by atoms with van der Waals surface area (Å²) in [4.78, 5) is 11.7. The lowest BCUT2D eigenvalue weighted by molar-refractivity contribution is -0.121. The molecule has 0 saturated heterocycles. The van der Waals surface area contributed by atoms with Crippen molar-refractivity contribution in [1.82, 2.24) is 5.43 Å². The molecule has 0 aliphatic heterocycles. The Balaban J connectivity index is 1.73. The molecule has 0 atom stereocenters. The minimum absolute atomic E-state index is 0.103. The van der Waals surface area contributed by atoms with Gasteiger partial charge in [0.2, 0.25) is 5.91 Å². The predicted octanol–water partition coefficient (Wildman–Crippen LogP) is 3.07. The Hall–Kier alpha value is -2.56. The van der Waals surface area contributed by atoms with Crippen LogP contribution in [0.5, 0.6) is 5.75 Å². The third-order valence-corrected chi connectivity index (χ3v) is 3.32. The summed E-state index contributed by atoms with van der Waals surface area (Å²) in [5, 5.41) is 3.84. The fourth-order valence-corrected chi connectivity index (χ4v) is 2.10. The van der Waals surface area contributed by atoms with Crippen LogP contribution in [0.25, 0.3) is 0 Å². The number of furan rings is 1. The second kappa shape index (κ2) is 8.02. The van der Waals surface area contributed by atoms with E-state index in [1.807, 2.05) is 25.1 Å². The van der Waals surface area contributed by atoms with Gasteiger partial charge in [0, 0.05) is 6.42 Å². The third-order valence-electron chi connectivity index (χ3n) is 3.32. The van der Waals surface area contributed by atoms with Gasteiger partial charge < -0.3 is 9.15 Å². The van der Waals surface area contributed by atoms with Crippen molar-refractivity contribution in [3.8, 4) is 5.75 Å². The maximum Gasteiger partial charge on any atom is 0.240 e. The Kier molecular flexibility index (Phi) is 5.77. The summed E-state index contributed by atoms with van der Waals surface area (Å²) in [6.45, 7) is 2.05. The molecule has 5 heteroatoms. The van der Waals surface area contributed by atoms with E-state index >= 15 is 0 Å². The summed E-state index contributed by atoms with van der Waals surface area (Å²) >= 11 is 0. The summed E-state index contributed by atoms with van der Waals surface area (Å²) in [5.74, 6) is 1.36. The predicted molar refractivity (Wildman–Crippen MR) is 85.1 cm³/mol. The molecule has 22 heavy (non-hydrogen) atoms. The number of amides is 1. The highest BCUT2D eigenvalue weighted by Crippen LogP contribution is 2.18. The van der Waals surface area contributed by atoms with Crippen molar-refractivity contribution in [2.45, 2.75) is 26.2 Å². The van der Waals surface area contributed by atoms with Gasteiger partial charge in [0.25, 0.3) is 0 Å². The van der Waals surface area contributed by atoms with E-state index in [-0.39, 0.29) is 5.91 Å². The molecule has 1 N–H and O–H groups in total. The zero-order valence-electron chi connectivity index (χ0n) is 12.8. The van der Waals surface area contributed by atoms with Crippen molar-refractivity contribution in [2.24, 2.45) is 5.10 Å². The van der Waals surface area contributed by atoms with Crippen LogP contribution in [-0.2, 0) is 11.2 Å². The molecule has 0 aliphatic carbocycles. The summed E-state index contributed by atoms with van der Waals surface area (Å²) in [6, 6.07) is 9.52. The molecule has 0 bridgehead atoms. The Morgan fingerprint density at radius 1 is 1.41 bits per heavy atom. The van der Waals surface area contributed by atoms with E-state index in [9.17, 15) is 4.79 Å². The van der Waals surface area contributed by atoms with Gasteiger partial charge in [0.1, 0.15) is 11.5 Å². The maximum atomic E-state index is 11.7. The first-order valence-corrected chi connectivity index (χ1v) is 7.18. The van der Waals surface area contributed by atoms with Gasteiger partial charge in [-0.1, -0.05) is 6.07 Å². The van der Waals surface area contributed by atoms with E-state index in [1.165, 1.54) is 17.3 Å². The van der Waals surface area contributed by atoms with E-state index in [2.05, 4.69) is 10.5 Å². The Morgan fingerprint density at radius 2 is 2.27 bits per heavy atom. The molecule has 2 aromatic rings. The lowest BCUT2D eigenvalue weighted by Crippen LogP contribution is -2.17. The standard InChI is InChI=1S/C17H20N2O3/c1-13-11-15(21-2)9-8-14(13)5-3-7-17(20)19-18-12-16-6-4-10-22-16/h4,6,8-12H,3,5,7H2,1-2H3,(H,19,20). The lowest BCUT2D eigenvalue weighted by Gasteiger charge is -2.07. The number of nitrogens with one attached hydrogen (secondary N) is 1. The minimum Gasteiger partial charge on any atom is -0.497 e. The van der Waals surface area contributed by atoms with Crippen LogP contribution in [0.3, 0.4) is 0 Å². The Labute approximate surface area is 130 Å². The van der Waals surface area contributed by atoms with Gasteiger partial charge in [-0.15, -0.1) is 0 Å². The number of benzene rings is 1. The van der Waals surface area contributed by atoms with E-state index in [0.717, 1.165) is 18.6 Å². The molecule has 0 unspecified atom stereocenters. The van der Waals surface area contributed by atoms with E-state index in [1.54, 1.807) is 25.5 Å². The van der Waals surface area contributed by atoms with E-state index in [4.69, 9.17) is 9.15 Å². The molecule has 0 aliphatic rings. The summed E-state index contributed by atoms with van der Waals surface area (Å²) in [7, 11) is 1.65. The maximum absolute atomic E-state index is 11.7. The van der Waals surface area contributed by atoms with Crippen molar-refractivity contribution in [3.63, 3.8) is 0 Å². The second-order valence-electron chi connectivity index (χ2n) is 4.95. The van der Waals surface area contributed by atoms with Crippen molar-refractivity contribution < 1.29 is 13.9 Å². The first-order valence-electron chi connectivity index (χ1n) is 7.18. The van der Waals surface area contributed by atoms with Crippen molar-refractivity contribution >= 4 is 12.1 Å². The summed E-state index contributed by atoms with van der Waals surface area (Å²) in [5.41, 5.74) is 4.90. The molecular formula is C17H20N2O3. The number of hydrogen-bond donors (Lipinski definition) is 1. The van der Waals surface area contributed by atoms with Crippen molar-refractivity contribution in [3.05, 3.63) is 53.5 Å². The molecule has 2 rings (SSSR count). The summed E-state index contributed by atoms with van der Waals surface area (Å²) in [6.07, 6.45) is 5.09. The number of carbonyl (C=O) groups excluding carboxylic acids is 1. The monoisotopic (exact) mass is 300 g/mol. The minimum atomic E-state index is -0.103. The fourth-order valence-electron chi connectivity index (χ4n) is 2.10. The van der Waals surface area contributed by atoms with Crippen LogP contribution in [0.2, 0.25) is 0 Å². The van der Waals surface area contributed by atoms with Gasteiger partial charge in [-0.2, -0.15) is 5.10 Å². The van der Waals surface area contributed by atoms with E-state index < -0.39 is 0 Å². The SMILES string of the molecule is COc1ccc(CCCC(=O)NN=Cc2ccco2)c(C)c1.